The van der Waals surface area contributed by atoms with Crippen LogP contribution in [0.2, 0.25) is 0 Å². The molecule has 3 heterocycles. The highest BCUT2D eigenvalue weighted by molar-refractivity contribution is 6.09. The molecule has 0 bridgehead atoms. The van der Waals surface area contributed by atoms with Crippen LogP contribution in [0.25, 0.3) is 44.4 Å². The van der Waals surface area contributed by atoms with Crippen molar-refractivity contribution in [3.8, 4) is 34.1 Å². The van der Waals surface area contributed by atoms with Crippen LogP contribution in [-0.4, -0.2) is 19.3 Å². The van der Waals surface area contributed by atoms with E-state index in [1.165, 1.54) is 27.5 Å². The fraction of sp³-hybridized carbons (Fsp3) is 0.273. The minimum absolute atomic E-state index is 0.199. The first kappa shape index (κ1) is 32.4. The number of ether oxygens (including phenoxy) is 1. The second-order valence-electron chi connectivity index (χ2n) is 15.0. The average molecular weight is 647 g/mol. The number of aryl methyl sites for hydroxylation is 2. The van der Waals surface area contributed by atoms with Gasteiger partial charge in [0.2, 0.25) is 0 Å². The van der Waals surface area contributed by atoms with E-state index >= 15 is 0 Å². The van der Waals surface area contributed by atoms with Gasteiger partial charge in [0.15, 0.2) is 0 Å². The van der Waals surface area contributed by atoms with Crippen LogP contribution < -0.4 is 4.74 Å². The molecule has 0 amide bonds. The fourth-order valence-electron chi connectivity index (χ4n) is 7.01. The number of aromatic nitrogens is 4. The number of fused-ring (bicyclic) bond motifs is 3. The van der Waals surface area contributed by atoms with Gasteiger partial charge in [-0.25, -0.2) is 9.67 Å². The minimum atomic E-state index is 0.199. The van der Waals surface area contributed by atoms with Crippen molar-refractivity contribution in [3.05, 3.63) is 132 Å². The highest BCUT2D eigenvalue weighted by Gasteiger charge is 2.19. The van der Waals surface area contributed by atoms with Gasteiger partial charge in [-0.05, 0) is 110 Å². The van der Waals surface area contributed by atoms with Gasteiger partial charge >= 0.3 is 0 Å². The first-order chi connectivity index (χ1) is 23.5. The van der Waals surface area contributed by atoms with Gasteiger partial charge in [0.05, 0.1) is 22.4 Å². The summed E-state index contributed by atoms with van der Waals surface area (Å²) in [6.07, 6.45) is 5.14. The molecule has 0 saturated carbocycles. The average Bonchev–Trinajstić information content (AvgIpc) is 3.55. The maximum Gasteiger partial charge on any atom is 0.137 e. The molecule has 0 atom stereocenters. The molecule has 49 heavy (non-hydrogen) atoms. The molecule has 0 aliphatic rings. The largest absolute Gasteiger partial charge is 0.457 e. The van der Waals surface area contributed by atoms with E-state index in [0.29, 0.717) is 5.92 Å². The van der Waals surface area contributed by atoms with Crippen LogP contribution in [0.15, 0.2) is 109 Å². The molecule has 0 N–H and O–H groups in total. The first-order valence-corrected chi connectivity index (χ1v) is 17.5. The lowest BCUT2D eigenvalue weighted by Crippen LogP contribution is -2.08. The summed E-state index contributed by atoms with van der Waals surface area (Å²) in [6, 6.07) is 36.4. The van der Waals surface area contributed by atoms with Gasteiger partial charge < -0.3 is 4.74 Å². The van der Waals surface area contributed by atoms with Crippen LogP contribution >= 0.6 is 0 Å². The fourth-order valence-corrected chi connectivity index (χ4v) is 7.01. The van der Waals surface area contributed by atoms with Crippen LogP contribution in [0.1, 0.15) is 63.6 Å². The topological polar surface area (TPSA) is 44.9 Å². The number of rotatable bonds is 9. The van der Waals surface area contributed by atoms with E-state index in [-0.39, 0.29) is 5.41 Å². The number of pyridine rings is 1. The Morgan fingerprint density at radius 1 is 0.735 bits per heavy atom. The highest BCUT2D eigenvalue weighted by atomic mass is 16.5. The molecule has 248 valence electrons. The summed E-state index contributed by atoms with van der Waals surface area (Å²) in [6.45, 7) is 15.6. The SMILES string of the molecule is Cc1nn(-c2cccc(Oc3ccc4c5cc(CC(C)(C)C)ccc5n(-c5cc(CCC(C)C)ccn5)c4c3)c2)c(C)c1-c1ccccc1. The lowest BCUT2D eigenvalue weighted by molar-refractivity contribution is 0.411. The Hall–Kier alpha value is -5.16. The molecule has 0 fully saturated rings. The molecule has 0 saturated heterocycles. The lowest BCUT2D eigenvalue weighted by atomic mass is 9.88. The molecule has 7 rings (SSSR count). The van der Waals surface area contributed by atoms with Gasteiger partial charge in [-0.15, -0.1) is 0 Å². The molecule has 0 aliphatic heterocycles. The Bertz CT molecular complexity index is 2270. The quantitative estimate of drug-likeness (QED) is 0.157. The van der Waals surface area contributed by atoms with Crippen molar-refractivity contribution in [1.29, 1.82) is 0 Å². The molecule has 0 aliphatic carbocycles. The molecule has 0 spiro atoms. The number of hydrogen-bond acceptors (Lipinski definition) is 3. The molecule has 4 aromatic carbocycles. The number of benzene rings is 4. The first-order valence-electron chi connectivity index (χ1n) is 17.5. The predicted molar refractivity (Wildman–Crippen MR) is 203 cm³/mol. The number of hydrogen-bond donors (Lipinski definition) is 0. The summed E-state index contributed by atoms with van der Waals surface area (Å²) >= 11 is 0. The van der Waals surface area contributed by atoms with Crippen LogP contribution in [0.4, 0.5) is 0 Å². The van der Waals surface area contributed by atoms with Gasteiger partial charge in [0.1, 0.15) is 17.3 Å². The summed E-state index contributed by atoms with van der Waals surface area (Å²) in [5, 5.41) is 7.35. The van der Waals surface area contributed by atoms with Crippen LogP contribution in [-0.2, 0) is 12.8 Å². The standard InChI is InChI=1S/C44H46N4O/c1-29(2)16-17-32-22-23-45-42(25-32)47-40-21-18-33(28-44(5,6)7)24-39(40)38-20-19-37(27-41(38)47)49-36-15-11-14-35(26-36)48-31(4)43(30(3)46-48)34-12-9-8-10-13-34/h8-15,18-27,29H,16-17,28H2,1-7H3. The molecule has 5 heteroatoms. The lowest BCUT2D eigenvalue weighted by Gasteiger charge is -2.18. The summed E-state index contributed by atoms with van der Waals surface area (Å²) in [4.78, 5) is 4.90. The molecule has 5 nitrogen and oxygen atoms in total. The summed E-state index contributed by atoms with van der Waals surface area (Å²) in [5.41, 5.74) is 10.5. The minimum Gasteiger partial charge on any atom is -0.457 e. The van der Waals surface area contributed by atoms with Gasteiger partial charge in [-0.1, -0.05) is 77.1 Å². The van der Waals surface area contributed by atoms with E-state index in [2.05, 4.69) is 138 Å². The van der Waals surface area contributed by atoms with Crippen molar-refractivity contribution in [2.45, 2.75) is 67.7 Å². The van der Waals surface area contributed by atoms with Crippen molar-refractivity contribution in [1.82, 2.24) is 19.3 Å². The van der Waals surface area contributed by atoms with E-state index < -0.39 is 0 Å². The maximum absolute atomic E-state index is 6.60. The van der Waals surface area contributed by atoms with E-state index in [1.54, 1.807) is 0 Å². The Morgan fingerprint density at radius 2 is 1.53 bits per heavy atom. The zero-order valence-corrected chi connectivity index (χ0v) is 29.8. The third kappa shape index (κ3) is 6.76. The summed E-state index contributed by atoms with van der Waals surface area (Å²) in [5.74, 6) is 3.12. The summed E-state index contributed by atoms with van der Waals surface area (Å²) in [7, 11) is 0. The molecule has 0 radical (unpaired) electrons. The van der Waals surface area contributed by atoms with Crippen LogP contribution in [0, 0.1) is 25.2 Å². The van der Waals surface area contributed by atoms with E-state index in [1.807, 2.05) is 29.1 Å². The third-order valence-electron chi connectivity index (χ3n) is 9.24. The molecule has 3 aromatic heterocycles. The zero-order valence-electron chi connectivity index (χ0n) is 29.8. The predicted octanol–water partition coefficient (Wildman–Crippen LogP) is 11.6. The second kappa shape index (κ2) is 13.0. The molecule has 0 unspecified atom stereocenters. The van der Waals surface area contributed by atoms with Crippen LogP contribution in [0.5, 0.6) is 11.5 Å². The monoisotopic (exact) mass is 646 g/mol. The summed E-state index contributed by atoms with van der Waals surface area (Å²) < 4.78 is 10.9. The second-order valence-corrected chi connectivity index (χ2v) is 15.0. The molecular weight excluding hydrogens is 601 g/mol. The Labute approximate surface area is 290 Å². The van der Waals surface area contributed by atoms with Crippen LogP contribution in [0.3, 0.4) is 0 Å². The zero-order chi connectivity index (χ0) is 34.3. The van der Waals surface area contributed by atoms with E-state index in [4.69, 9.17) is 14.8 Å². The Balaban J connectivity index is 1.29. The van der Waals surface area contributed by atoms with Crippen molar-refractivity contribution < 1.29 is 4.74 Å². The van der Waals surface area contributed by atoms with Crippen molar-refractivity contribution in [3.63, 3.8) is 0 Å². The van der Waals surface area contributed by atoms with Crippen molar-refractivity contribution in [2.24, 2.45) is 11.3 Å². The normalized spacial score (nSPS) is 12.0. The third-order valence-corrected chi connectivity index (χ3v) is 9.24. The van der Waals surface area contributed by atoms with Gasteiger partial charge in [0.25, 0.3) is 0 Å². The Morgan fingerprint density at radius 3 is 2.31 bits per heavy atom. The van der Waals surface area contributed by atoms with Crippen molar-refractivity contribution in [2.75, 3.05) is 0 Å². The molecular formula is C44H46N4O. The smallest absolute Gasteiger partial charge is 0.137 e. The van der Waals surface area contributed by atoms with E-state index in [0.717, 1.165) is 70.3 Å². The van der Waals surface area contributed by atoms with Gasteiger partial charge in [-0.3, -0.25) is 4.57 Å². The Kier molecular flexibility index (Phi) is 8.62. The maximum atomic E-state index is 6.60. The van der Waals surface area contributed by atoms with E-state index in [9.17, 15) is 0 Å². The van der Waals surface area contributed by atoms with Gasteiger partial charge in [-0.2, -0.15) is 5.10 Å². The number of nitrogens with zero attached hydrogens (tertiary/aromatic N) is 4. The van der Waals surface area contributed by atoms with Gasteiger partial charge in [0, 0.05) is 40.4 Å². The highest BCUT2D eigenvalue weighted by Crippen LogP contribution is 2.37. The van der Waals surface area contributed by atoms with Crippen molar-refractivity contribution >= 4 is 21.8 Å². The molecule has 7 aromatic rings.